The number of nitrogens with two attached hydrogens (primary N) is 1. The number of aliphatic carboxylic acids is 1. The fraction of sp³-hybridized carbons (Fsp3) is 0.500. The van der Waals surface area contributed by atoms with Crippen molar-refractivity contribution in [2.24, 2.45) is 5.73 Å². The van der Waals surface area contributed by atoms with Crippen molar-refractivity contribution in [3.63, 3.8) is 0 Å². The number of carbonyl (C=O) groups is 1. The van der Waals surface area contributed by atoms with Gasteiger partial charge in [0.2, 0.25) is 0 Å². The highest BCUT2D eigenvalue weighted by Crippen LogP contribution is 2.29. The molecule has 0 radical (unpaired) electrons. The normalized spacial score (nSPS) is 14.3. The van der Waals surface area contributed by atoms with E-state index in [1.807, 2.05) is 13.8 Å². The highest BCUT2D eigenvalue weighted by Gasteiger charge is 2.39. The average molecular weight is 287 g/mol. The summed E-state index contributed by atoms with van der Waals surface area (Å²) < 4.78 is 31.9. The lowest BCUT2D eigenvalue weighted by atomic mass is 9.77. The fourth-order valence-electron chi connectivity index (χ4n) is 1.98. The van der Waals surface area contributed by atoms with Crippen LogP contribution in [0.1, 0.15) is 25.8 Å². The summed E-state index contributed by atoms with van der Waals surface area (Å²) in [6.07, 6.45) is -0.0246. The van der Waals surface area contributed by atoms with E-state index < -0.39 is 23.0 Å². The molecule has 20 heavy (non-hydrogen) atoms. The molecule has 4 nitrogen and oxygen atoms in total. The molecule has 1 aromatic rings. The number of carboxylic acid groups (broad SMARTS) is 1. The van der Waals surface area contributed by atoms with Crippen LogP contribution in [0.2, 0.25) is 0 Å². The van der Waals surface area contributed by atoms with Crippen molar-refractivity contribution >= 4 is 5.97 Å². The molecule has 112 valence electrons. The molecule has 0 saturated heterocycles. The molecular formula is C14H19F2NO3. The van der Waals surface area contributed by atoms with Crippen LogP contribution in [-0.4, -0.2) is 30.3 Å². The molecule has 0 aliphatic carbocycles. The van der Waals surface area contributed by atoms with Gasteiger partial charge in [-0.1, -0.05) is 0 Å². The Morgan fingerprint density at radius 3 is 2.30 bits per heavy atom. The fourth-order valence-corrected chi connectivity index (χ4v) is 1.98. The van der Waals surface area contributed by atoms with Gasteiger partial charge >= 0.3 is 5.97 Å². The summed E-state index contributed by atoms with van der Waals surface area (Å²) in [4.78, 5) is 11.6. The Kier molecular flexibility index (Phi) is 5.59. The summed E-state index contributed by atoms with van der Waals surface area (Å²) in [6, 6.07) is 2.69. The third kappa shape index (κ3) is 3.74. The maximum Gasteiger partial charge on any atom is 0.315 e. The first-order chi connectivity index (χ1) is 9.31. The molecule has 0 aromatic heterocycles. The summed E-state index contributed by atoms with van der Waals surface area (Å²) in [5.41, 5.74) is 4.03. The SMILES string of the molecule is CC(C)OCCC(CN)(C(=O)O)c1cc(F)cc(F)c1. The first-order valence-corrected chi connectivity index (χ1v) is 6.33. The van der Waals surface area contributed by atoms with E-state index in [4.69, 9.17) is 10.5 Å². The van der Waals surface area contributed by atoms with Crippen molar-refractivity contribution in [2.45, 2.75) is 31.8 Å². The van der Waals surface area contributed by atoms with Crippen LogP contribution < -0.4 is 5.73 Å². The number of benzene rings is 1. The summed E-state index contributed by atoms with van der Waals surface area (Å²) in [7, 11) is 0. The van der Waals surface area contributed by atoms with Gasteiger partial charge in [0, 0.05) is 19.2 Å². The lowest BCUT2D eigenvalue weighted by Crippen LogP contribution is -2.44. The van der Waals surface area contributed by atoms with E-state index in [-0.39, 0.29) is 31.2 Å². The molecule has 6 heteroatoms. The van der Waals surface area contributed by atoms with Crippen LogP contribution in [-0.2, 0) is 14.9 Å². The lowest BCUT2D eigenvalue weighted by molar-refractivity contribution is -0.144. The highest BCUT2D eigenvalue weighted by molar-refractivity contribution is 5.81. The predicted molar refractivity (Wildman–Crippen MR) is 70.4 cm³/mol. The zero-order valence-electron chi connectivity index (χ0n) is 11.5. The minimum Gasteiger partial charge on any atom is -0.481 e. The smallest absolute Gasteiger partial charge is 0.315 e. The molecule has 1 rings (SSSR count). The van der Waals surface area contributed by atoms with Crippen LogP contribution >= 0.6 is 0 Å². The average Bonchev–Trinajstić information content (AvgIpc) is 2.32. The van der Waals surface area contributed by atoms with Crippen molar-refractivity contribution in [3.8, 4) is 0 Å². The van der Waals surface area contributed by atoms with Gasteiger partial charge in [-0.25, -0.2) is 8.78 Å². The van der Waals surface area contributed by atoms with E-state index in [0.29, 0.717) is 6.07 Å². The van der Waals surface area contributed by atoms with Crippen molar-refractivity contribution in [3.05, 3.63) is 35.4 Å². The standard InChI is InChI=1S/C14H19F2NO3/c1-9(2)20-4-3-14(8-17,13(18)19)10-5-11(15)7-12(16)6-10/h5-7,9H,3-4,8,17H2,1-2H3,(H,18,19). The molecule has 0 fully saturated rings. The third-order valence-corrected chi connectivity index (χ3v) is 3.15. The number of hydrogen-bond donors (Lipinski definition) is 2. The van der Waals surface area contributed by atoms with Crippen LogP contribution in [0.5, 0.6) is 0 Å². The van der Waals surface area contributed by atoms with E-state index in [1.165, 1.54) is 0 Å². The van der Waals surface area contributed by atoms with E-state index in [2.05, 4.69) is 0 Å². The Bertz CT molecular complexity index is 459. The van der Waals surface area contributed by atoms with Crippen LogP contribution in [0.15, 0.2) is 18.2 Å². The van der Waals surface area contributed by atoms with Gasteiger partial charge in [-0.05, 0) is 38.0 Å². The largest absolute Gasteiger partial charge is 0.481 e. The second-order valence-corrected chi connectivity index (χ2v) is 4.92. The molecule has 3 N–H and O–H groups in total. The quantitative estimate of drug-likeness (QED) is 0.805. The zero-order valence-corrected chi connectivity index (χ0v) is 11.5. The molecule has 0 bridgehead atoms. The maximum atomic E-state index is 13.3. The molecule has 0 heterocycles. The van der Waals surface area contributed by atoms with Gasteiger partial charge in [0.25, 0.3) is 0 Å². The molecule has 0 amide bonds. The first kappa shape index (κ1) is 16.5. The van der Waals surface area contributed by atoms with Gasteiger partial charge in [0.1, 0.15) is 17.0 Å². The Hall–Kier alpha value is -1.53. The van der Waals surface area contributed by atoms with Crippen molar-refractivity contribution in [1.82, 2.24) is 0 Å². The maximum absolute atomic E-state index is 13.3. The number of halogens is 2. The molecule has 0 spiro atoms. The first-order valence-electron chi connectivity index (χ1n) is 6.33. The van der Waals surface area contributed by atoms with Gasteiger partial charge in [-0.3, -0.25) is 4.79 Å². The second-order valence-electron chi connectivity index (χ2n) is 4.92. The minimum atomic E-state index is -1.56. The monoisotopic (exact) mass is 287 g/mol. The number of rotatable bonds is 7. The van der Waals surface area contributed by atoms with Crippen LogP contribution in [0.3, 0.4) is 0 Å². The summed E-state index contributed by atoms with van der Waals surface area (Å²) in [6.45, 7) is 3.49. The molecule has 1 aromatic carbocycles. The van der Waals surface area contributed by atoms with Crippen LogP contribution in [0.4, 0.5) is 8.78 Å². The van der Waals surface area contributed by atoms with E-state index >= 15 is 0 Å². The summed E-state index contributed by atoms with van der Waals surface area (Å²) >= 11 is 0. The zero-order chi connectivity index (χ0) is 15.3. The molecule has 1 unspecified atom stereocenters. The van der Waals surface area contributed by atoms with E-state index in [0.717, 1.165) is 12.1 Å². The van der Waals surface area contributed by atoms with Crippen molar-refractivity contribution in [2.75, 3.05) is 13.2 Å². The molecule has 0 saturated carbocycles. The van der Waals surface area contributed by atoms with E-state index in [9.17, 15) is 18.7 Å². The summed E-state index contributed by atoms with van der Waals surface area (Å²) in [5.74, 6) is -2.88. The van der Waals surface area contributed by atoms with Gasteiger partial charge in [-0.15, -0.1) is 0 Å². The predicted octanol–water partition coefficient (Wildman–Crippen LogP) is 2.06. The Morgan fingerprint density at radius 1 is 1.35 bits per heavy atom. The summed E-state index contributed by atoms with van der Waals surface area (Å²) in [5, 5.41) is 9.44. The third-order valence-electron chi connectivity index (χ3n) is 3.15. The highest BCUT2D eigenvalue weighted by atomic mass is 19.1. The second kappa shape index (κ2) is 6.76. The Morgan fingerprint density at radius 2 is 1.90 bits per heavy atom. The molecule has 1 atom stereocenters. The molecule has 0 aliphatic heterocycles. The number of carboxylic acids is 1. The topological polar surface area (TPSA) is 72.5 Å². The van der Waals surface area contributed by atoms with Gasteiger partial charge in [0.15, 0.2) is 0 Å². The van der Waals surface area contributed by atoms with Gasteiger partial charge in [-0.2, -0.15) is 0 Å². The Balaban J connectivity index is 3.12. The van der Waals surface area contributed by atoms with Gasteiger partial charge < -0.3 is 15.6 Å². The number of ether oxygens (including phenoxy) is 1. The molecule has 0 aliphatic rings. The van der Waals surface area contributed by atoms with Crippen LogP contribution in [0.25, 0.3) is 0 Å². The number of hydrogen-bond acceptors (Lipinski definition) is 3. The van der Waals surface area contributed by atoms with Gasteiger partial charge in [0.05, 0.1) is 6.10 Å². The van der Waals surface area contributed by atoms with Crippen molar-refractivity contribution in [1.29, 1.82) is 0 Å². The van der Waals surface area contributed by atoms with Crippen LogP contribution in [0, 0.1) is 11.6 Å². The Labute approximate surface area is 116 Å². The van der Waals surface area contributed by atoms with Crippen molar-refractivity contribution < 1.29 is 23.4 Å². The van der Waals surface area contributed by atoms with E-state index in [1.54, 1.807) is 0 Å². The molecular weight excluding hydrogens is 268 g/mol. The lowest BCUT2D eigenvalue weighted by Gasteiger charge is -2.29. The minimum absolute atomic E-state index is 0.0114.